The molecule has 0 bridgehead atoms. The molecule has 4 unspecified atom stereocenters. The number of aliphatic hydroxyl groups is 3. The van der Waals surface area contributed by atoms with Gasteiger partial charge < -0.3 is 25.2 Å². The Hall–Kier alpha value is -1.18. The van der Waals surface area contributed by atoms with E-state index >= 15 is 0 Å². The van der Waals surface area contributed by atoms with Crippen LogP contribution in [0.25, 0.3) is 0 Å². The van der Waals surface area contributed by atoms with Gasteiger partial charge in [0.05, 0.1) is 0 Å². The van der Waals surface area contributed by atoms with Crippen molar-refractivity contribution in [2.45, 2.75) is 30.8 Å². The third kappa shape index (κ3) is 2.00. The van der Waals surface area contributed by atoms with Crippen molar-refractivity contribution >= 4 is 11.9 Å². The summed E-state index contributed by atoms with van der Waals surface area (Å²) in [6, 6.07) is 0. The van der Waals surface area contributed by atoms with E-state index in [2.05, 4.69) is 4.74 Å². The van der Waals surface area contributed by atoms with Crippen molar-refractivity contribution in [1.29, 1.82) is 0 Å². The van der Waals surface area contributed by atoms with E-state index in [1.54, 1.807) is 0 Å². The predicted octanol–water partition coefficient (Wildman–Crippen LogP) is -2.53. The van der Waals surface area contributed by atoms with Gasteiger partial charge in [-0.2, -0.15) is 0 Å². The highest BCUT2D eigenvalue weighted by Crippen LogP contribution is 2.19. The molecule has 7 heteroatoms. The van der Waals surface area contributed by atoms with Gasteiger partial charge >= 0.3 is 11.9 Å². The van der Waals surface area contributed by atoms with Gasteiger partial charge in [-0.1, -0.05) is 0 Å². The van der Waals surface area contributed by atoms with E-state index < -0.39 is 42.8 Å². The number of rotatable bonds is 3. The lowest BCUT2D eigenvalue weighted by molar-refractivity contribution is -0.153. The summed E-state index contributed by atoms with van der Waals surface area (Å²) in [5.74, 6) is -2.49. The first-order valence-electron chi connectivity index (χ1n) is 3.91. The molecule has 0 aromatic carbocycles. The Kier molecular flexibility index (Phi) is 3.04. The van der Waals surface area contributed by atoms with Crippen molar-refractivity contribution in [3.63, 3.8) is 0 Å². The average Bonchev–Trinajstić information content (AvgIpc) is 2.33. The Morgan fingerprint density at radius 1 is 1.50 bits per heavy atom. The molecule has 0 aromatic heterocycles. The number of hydrogen-bond donors (Lipinski definition) is 4. The number of ether oxygens (including phenoxy) is 1. The molecule has 14 heavy (non-hydrogen) atoms. The number of carboxylic acid groups (broad SMARTS) is 1. The van der Waals surface area contributed by atoms with Crippen molar-refractivity contribution in [1.82, 2.24) is 0 Å². The summed E-state index contributed by atoms with van der Waals surface area (Å²) in [6.45, 7) is 0. The van der Waals surface area contributed by atoms with Crippen LogP contribution in [0.15, 0.2) is 0 Å². The number of hydrogen-bond acceptors (Lipinski definition) is 6. The maximum absolute atomic E-state index is 10.7. The number of aliphatic hydroxyl groups excluding tert-OH is 3. The fraction of sp³-hybridized carbons (Fsp3) is 0.714. The van der Waals surface area contributed by atoms with Gasteiger partial charge in [-0.15, -0.1) is 0 Å². The molecule has 0 radical (unpaired) electrons. The molecule has 1 heterocycles. The standard InChI is InChI=1S/C7H10O7/c8-2(6(11)12)1-3-4(9)5(10)7(13)14-3/h2-5,8-10H,1H2,(H,11,12). The number of carbonyl (C=O) groups is 2. The number of carboxylic acids is 1. The first-order valence-corrected chi connectivity index (χ1v) is 3.91. The van der Waals surface area contributed by atoms with E-state index in [0.717, 1.165) is 0 Å². The first-order chi connectivity index (χ1) is 6.43. The summed E-state index contributed by atoms with van der Waals surface area (Å²) in [5.41, 5.74) is 0. The van der Waals surface area contributed by atoms with Gasteiger partial charge in [-0.25, -0.2) is 9.59 Å². The highest BCUT2D eigenvalue weighted by molar-refractivity contribution is 5.78. The number of aliphatic carboxylic acids is 1. The van der Waals surface area contributed by atoms with Gasteiger partial charge in [0.25, 0.3) is 0 Å². The molecule has 1 rings (SSSR count). The maximum Gasteiger partial charge on any atom is 0.338 e. The zero-order valence-electron chi connectivity index (χ0n) is 7.03. The quantitative estimate of drug-likeness (QED) is 0.375. The van der Waals surface area contributed by atoms with Crippen molar-refractivity contribution in [3.8, 4) is 0 Å². The highest BCUT2D eigenvalue weighted by atomic mass is 16.6. The zero-order valence-corrected chi connectivity index (χ0v) is 7.03. The molecule has 1 aliphatic rings. The van der Waals surface area contributed by atoms with Gasteiger partial charge in [-0.05, 0) is 0 Å². The van der Waals surface area contributed by atoms with Gasteiger partial charge in [0.15, 0.2) is 12.2 Å². The maximum atomic E-state index is 10.7. The van der Waals surface area contributed by atoms with Crippen LogP contribution in [0.4, 0.5) is 0 Å². The van der Waals surface area contributed by atoms with E-state index in [1.807, 2.05) is 0 Å². The molecular weight excluding hydrogens is 196 g/mol. The van der Waals surface area contributed by atoms with Crippen molar-refractivity contribution < 1.29 is 34.8 Å². The molecule has 1 fully saturated rings. The summed E-state index contributed by atoms with van der Waals surface area (Å²) >= 11 is 0. The van der Waals surface area contributed by atoms with Crippen LogP contribution in [0.5, 0.6) is 0 Å². The van der Waals surface area contributed by atoms with Crippen molar-refractivity contribution in [2.75, 3.05) is 0 Å². The molecule has 80 valence electrons. The van der Waals surface area contributed by atoms with Gasteiger partial charge in [-0.3, -0.25) is 0 Å². The van der Waals surface area contributed by atoms with E-state index in [1.165, 1.54) is 0 Å². The van der Waals surface area contributed by atoms with Crippen LogP contribution >= 0.6 is 0 Å². The lowest BCUT2D eigenvalue weighted by atomic mass is 10.1. The molecule has 0 spiro atoms. The van der Waals surface area contributed by atoms with Gasteiger partial charge in [0.1, 0.15) is 12.2 Å². The molecular formula is C7H10O7. The SMILES string of the molecule is O=C(O)C(O)CC1OC(=O)C(O)C1O. The minimum atomic E-state index is -1.73. The molecule has 4 N–H and O–H groups in total. The molecule has 4 atom stereocenters. The van der Waals surface area contributed by atoms with E-state index in [9.17, 15) is 9.59 Å². The summed E-state index contributed by atoms with van der Waals surface area (Å²) in [5, 5.41) is 35.3. The minimum absolute atomic E-state index is 0.445. The molecule has 0 aliphatic carbocycles. The highest BCUT2D eigenvalue weighted by Gasteiger charge is 2.43. The van der Waals surface area contributed by atoms with Crippen LogP contribution in [0.1, 0.15) is 6.42 Å². The average molecular weight is 206 g/mol. The van der Waals surface area contributed by atoms with Crippen LogP contribution < -0.4 is 0 Å². The topological polar surface area (TPSA) is 124 Å². The van der Waals surface area contributed by atoms with Crippen LogP contribution in [-0.4, -0.2) is 56.8 Å². The Bertz CT molecular complexity index is 250. The predicted molar refractivity (Wildman–Crippen MR) is 40.2 cm³/mol. The molecule has 0 amide bonds. The van der Waals surface area contributed by atoms with Crippen LogP contribution in [-0.2, 0) is 14.3 Å². The van der Waals surface area contributed by atoms with Crippen LogP contribution in [0, 0.1) is 0 Å². The minimum Gasteiger partial charge on any atom is -0.479 e. The summed E-state index contributed by atoms with van der Waals surface area (Å²) in [4.78, 5) is 20.9. The Morgan fingerprint density at radius 3 is 2.43 bits per heavy atom. The Morgan fingerprint density at radius 2 is 2.07 bits per heavy atom. The normalized spacial score (nSPS) is 33.9. The lowest BCUT2D eigenvalue weighted by Gasteiger charge is -2.14. The van der Waals surface area contributed by atoms with Crippen molar-refractivity contribution in [2.24, 2.45) is 0 Å². The molecule has 0 saturated carbocycles. The van der Waals surface area contributed by atoms with Crippen LogP contribution in [0.3, 0.4) is 0 Å². The number of cyclic esters (lactones) is 1. The van der Waals surface area contributed by atoms with E-state index in [4.69, 9.17) is 20.4 Å². The van der Waals surface area contributed by atoms with Gasteiger partial charge in [0.2, 0.25) is 0 Å². The molecule has 7 nitrogen and oxygen atoms in total. The third-order valence-electron chi connectivity index (χ3n) is 1.95. The molecule has 1 aliphatic heterocycles. The first kappa shape index (κ1) is 10.9. The largest absolute Gasteiger partial charge is 0.479 e. The Balaban J connectivity index is 2.55. The van der Waals surface area contributed by atoms with E-state index in [-0.39, 0.29) is 0 Å². The Labute approximate surface area is 78.5 Å². The third-order valence-corrected chi connectivity index (χ3v) is 1.95. The monoisotopic (exact) mass is 206 g/mol. The smallest absolute Gasteiger partial charge is 0.338 e. The second-order valence-corrected chi connectivity index (χ2v) is 3.00. The zero-order chi connectivity index (χ0) is 10.9. The summed E-state index contributed by atoms with van der Waals surface area (Å²) in [7, 11) is 0. The summed E-state index contributed by atoms with van der Waals surface area (Å²) < 4.78 is 4.44. The van der Waals surface area contributed by atoms with E-state index in [0.29, 0.717) is 0 Å². The van der Waals surface area contributed by atoms with Gasteiger partial charge in [0, 0.05) is 6.42 Å². The molecule has 1 saturated heterocycles. The number of carbonyl (C=O) groups excluding carboxylic acids is 1. The summed E-state index contributed by atoms with van der Waals surface area (Å²) in [6.07, 6.45) is -6.51. The fourth-order valence-corrected chi connectivity index (χ4v) is 1.14. The second kappa shape index (κ2) is 3.91. The second-order valence-electron chi connectivity index (χ2n) is 3.00. The number of esters is 1. The molecule has 0 aromatic rings. The lowest BCUT2D eigenvalue weighted by Crippen LogP contribution is -2.35. The van der Waals surface area contributed by atoms with Crippen LogP contribution in [0.2, 0.25) is 0 Å². The fourth-order valence-electron chi connectivity index (χ4n) is 1.14. The van der Waals surface area contributed by atoms with Crippen molar-refractivity contribution in [3.05, 3.63) is 0 Å².